The van der Waals surface area contributed by atoms with Crippen molar-refractivity contribution < 1.29 is 33.7 Å². The van der Waals surface area contributed by atoms with Gasteiger partial charge in [0.15, 0.2) is 5.60 Å². The number of aliphatic hydroxyl groups is 1. The fourth-order valence-corrected chi connectivity index (χ4v) is 15.6. The highest BCUT2D eigenvalue weighted by atomic mass is 28.3. The minimum Gasteiger partial charge on any atom is -0.497 e. The van der Waals surface area contributed by atoms with Gasteiger partial charge in [0, 0.05) is 29.4 Å². The molecule has 0 aliphatic carbocycles. The second-order valence-corrected chi connectivity index (χ2v) is 23.0. The highest BCUT2D eigenvalue weighted by molar-refractivity contribution is 6.91. The lowest BCUT2D eigenvalue weighted by atomic mass is 9.82. The molecule has 5 atom stereocenters. The van der Waals surface area contributed by atoms with E-state index in [2.05, 4.69) is 54.5 Å². The van der Waals surface area contributed by atoms with Crippen molar-refractivity contribution in [2.45, 2.75) is 87.5 Å². The quantitative estimate of drug-likeness (QED) is 0.181. The first-order valence-corrected chi connectivity index (χ1v) is 25.2. The maximum Gasteiger partial charge on any atom is 0.264 e. The molecule has 0 radical (unpaired) electrons. The lowest BCUT2D eigenvalue weighted by Crippen LogP contribution is -2.55. The summed E-state index contributed by atoms with van der Waals surface area (Å²) in [6.45, 7) is 9.48. The molecule has 13 heteroatoms. The van der Waals surface area contributed by atoms with Gasteiger partial charge in [-0.3, -0.25) is 19.3 Å². The van der Waals surface area contributed by atoms with Gasteiger partial charge in [-0.25, -0.2) is 0 Å². The van der Waals surface area contributed by atoms with Crippen LogP contribution < -0.4 is 34.7 Å². The van der Waals surface area contributed by atoms with E-state index in [4.69, 9.17) is 14.2 Å². The molecule has 0 aromatic heterocycles. The summed E-state index contributed by atoms with van der Waals surface area (Å²) < 4.78 is 18.6. The van der Waals surface area contributed by atoms with Crippen LogP contribution in [0.5, 0.6) is 11.5 Å². The average molecular weight is 858 g/mol. The molecule has 62 heavy (non-hydrogen) atoms. The number of nitrogens with zero attached hydrogens (tertiary/aromatic N) is 4. The number of amides is 3. The molecule has 5 aliphatic heterocycles. The van der Waals surface area contributed by atoms with Crippen LogP contribution in [0.1, 0.15) is 50.2 Å². The Morgan fingerprint density at radius 1 is 0.887 bits per heavy atom. The second kappa shape index (κ2) is 16.5. The first-order valence-electron chi connectivity index (χ1n) is 22.1. The van der Waals surface area contributed by atoms with Gasteiger partial charge in [0.05, 0.1) is 66.4 Å². The van der Waals surface area contributed by atoms with Gasteiger partial charge in [0.25, 0.3) is 11.8 Å². The third-order valence-corrected chi connectivity index (χ3v) is 19.2. The van der Waals surface area contributed by atoms with Crippen molar-refractivity contribution in [3.8, 4) is 11.5 Å². The second-order valence-electron chi connectivity index (χ2n) is 18.3. The standard InChI is InChI=1S/C49H59N5O7Si/c1-33-45(62(4,5)40-19-16-38(59-2)17-20-40)43(29-44(56)51-26-10-15-37(51)31-55)61-49(33)41-28-39(60-3)18-21-42(41)52(47(49)58)30-34-11-9-14-36(27-34)53-32-54(35-12-7-6-8-13-35)48(46(53)57)22-24-50-25-23-48/h6-9,11-14,16-21,27-28,33,37,43,45,50,55H,10,15,22-26,29-32H2,1-5H3/t33-,37+,43+,45-,49+/m1/s1. The first kappa shape index (κ1) is 42.1. The number of rotatable bonds is 11. The number of hydrogen-bond donors (Lipinski definition) is 2. The monoisotopic (exact) mass is 857 g/mol. The number of methoxy groups -OCH3 is 2. The van der Waals surface area contributed by atoms with Crippen LogP contribution in [-0.2, 0) is 31.3 Å². The third-order valence-electron chi connectivity index (χ3n) is 14.8. The Morgan fingerprint density at radius 2 is 1.60 bits per heavy atom. The van der Waals surface area contributed by atoms with E-state index < -0.39 is 25.3 Å². The molecular formula is C49H59N5O7Si. The molecule has 4 saturated heterocycles. The molecule has 9 rings (SSSR count). The van der Waals surface area contributed by atoms with Crippen molar-refractivity contribution in [2.24, 2.45) is 5.92 Å². The summed E-state index contributed by atoms with van der Waals surface area (Å²) in [5, 5.41) is 14.8. The Hall–Kier alpha value is -5.21. The van der Waals surface area contributed by atoms with Crippen LogP contribution in [-0.4, -0.2) is 101 Å². The van der Waals surface area contributed by atoms with Crippen LogP contribution in [0.15, 0.2) is 97.1 Å². The van der Waals surface area contributed by atoms with Gasteiger partial charge in [0.2, 0.25) is 5.91 Å². The summed E-state index contributed by atoms with van der Waals surface area (Å²) in [6, 6.07) is 31.9. The maximum absolute atomic E-state index is 15.6. The van der Waals surface area contributed by atoms with Crippen molar-refractivity contribution >= 4 is 48.0 Å². The highest BCUT2D eigenvalue weighted by Gasteiger charge is 2.67. The Labute approximate surface area is 365 Å². The molecule has 5 aliphatic rings. The lowest BCUT2D eigenvalue weighted by Gasteiger charge is -2.39. The SMILES string of the molecule is COc1ccc([Si](C)(C)[C@H]2[C@H](CC(=O)N3CCC[C@H]3CO)O[C@@]3(C(=O)N(Cc4cccc(N5CN(c6ccccc6)C6(CCNCC6)C5=O)c4)c4ccc(OC)cc43)[C@@H]2C)cc1. The van der Waals surface area contributed by atoms with Gasteiger partial charge in [0.1, 0.15) is 17.0 Å². The summed E-state index contributed by atoms with van der Waals surface area (Å²) in [7, 11) is 0.752. The minimum atomic E-state index is -2.53. The van der Waals surface area contributed by atoms with Crippen molar-refractivity contribution in [3.63, 3.8) is 0 Å². The van der Waals surface area contributed by atoms with E-state index in [-0.39, 0.29) is 54.8 Å². The largest absolute Gasteiger partial charge is 0.497 e. The number of para-hydroxylation sites is 1. The average Bonchev–Trinajstić information content (AvgIpc) is 4.03. The molecule has 4 aromatic carbocycles. The topological polar surface area (TPSA) is 124 Å². The number of ether oxygens (including phenoxy) is 3. The minimum absolute atomic E-state index is 0.0566. The maximum atomic E-state index is 15.6. The number of anilines is 3. The van der Waals surface area contributed by atoms with Gasteiger partial charge in [-0.1, -0.05) is 67.7 Å². The molecule has 2 spiro atoms. The summed E-state index contributed by atoms with van der Waals surface area (Å²) in [4.78, 5) is 52.3. The molecule has 12 nitrogen and oxygen atoms in total. The molecule has 4 aromatic rings. The number of piperidine rings is 1. The molecule has 4 fully saturated rings. The van der Waals surface area contributed by atoms with E-state index in [0.717, 1.165) is 59.9 Å². The highest BCUT2D eigenvalue weighted by Crippen LogP contribution is 2.60. The summed E-state index contributed by atoms with van der Waals surface area (Å²) in [5.74, 6) is 0.924. The number of fused-ring (bicyclic) bond motifs is 2. The number of nitrogens with one attached hydrogen (secondary N) is 1. The Morgan fingerprint density at radius 3 is 2.31 bits per heavy atom. The number of carbonyl (C=O) groups excluding carboxylic acids is 3. The summed E-state index contributed by atoms with van der Waals surface area (Å²) >= 11 is 0. The first-order chi connectivity index (χ1) is 30.0. The van der Waals surface area contributed by atoms with Gasteiger partial charge in [-0.2, -0.15) is 0 Å². The van der Waals surface area contributed by atoms with Crippen LogP contribution >= 0.6 is 0 Å². The van der Waals surface area contributed by atoms with Crippen LogP contribution in [0, 0.1) is 5.92 Å². The lowest BCUT2D eigenvalue weighted by molar-refractivity contribution is -0.150. The Bertz CT molecular complexity index is 2320. The predicted molar refractivity (Wildman–Crippen MR) is 243 cm³/mol. The zero-order valence-corrected chi connectivity index (χ0v) is 37.5. The van der Waals surface area contributed by atoms with Gasteiger partial charge < -0.3 is 39.3 Å². The van der Waals surface area contributed by atoms with Gasteiger partial charge in [-0.05, 0) is 104 Å². The molecule has 326 valence electrons. The van der Waals surface area contributed by atoms with E-state index in [9.17, 15) is 14.7 Å². The molecule has 5 heterocycles. The van der Waals surface area contributed by atoms with Crippen LogP contribution in [0.25, 0.3) is 0 Å². The fourth-order valence-electron chi connectivity index (χ4n) is 11.6. The van der Waals surface area contributed by atoms with Crippen LogP contribution in [0.3, 0.4) is 0 Å². The summed E-state index contributed by atoms with van der Waals surface area (Å²) in [6.07, 6.45) is 2.58. The van der Waals surface area contributed by atoms with Crippen LogP contribution in [0.4, 0.5) is 17.1 Å². The molecule has 0 saturated carbocycles. The van der Waals surface area contributed by atoms with Gasteiger partial charge in [-0.15, -0.1) is 0 Å². The van der Waals surface area contributed by atoms with E-state index in [0.29, 0.717) is 31.8 Å². The number of hydrogen-bond acceptors (Lipinski definition) is 9. The van der Waals surface area contributed by atoms with E-state index in [1.54, 1.807) is 14.2 Å². The number of carbonyl (C=O) groups is 3. The fraction of sp³-hybridized carbons (Fsp3) is 0.449. The van der Waals surface area contributed by atoms with Gasteiger partial charge >= 0.3 is 0 Å². The Kier molecular flexibility index (Phi) is 11.2. The number of benzene rings is 4. The smallest absolute Gasteiger partial charge is 0.264 e. The molecule has 0 bridgehead atoms. The molecule has 3 amide bonds. The number of aliphatic hydroxyl groups excluding tert-OH is 1. The van der Waals surface area contributed by atoms with E-state index in [1.807, 2.05) is 87.5 Å². The zero-order valence-electron chi connectivity index (χ0n) is 36.5. The molecule has 2 N–H and O–H groups in total. The molecular weight excluding hydrogens is 799 g/mol. The molecule has 0 unspecified atom stereocenters. The van der Waals surface area contributed by atoms with Crippen molar-refractivity contribution in [2.75, 3.05) is 61.8 Å². The van der Waals surface area contributed by atoms with Crippen molar-refractivity contribution in [1.82, 2.24) is 10.2 Å². The van der Waals surface area contributed by atoms with E-state index >= 15 is 4.79 Å². The van der Waals surface area contributed by atoms with Crippen molar-refractivity contribution in [3.05, 3.63) is 108 Å². The predicted octanol–water partition coefficient (Wildman–Crippen LogP) is 5.77. The Balaban J connectivity index is 1.07. The summed E-state index contributed by atoms with van der Waals surface area (Å²) in [5.41, 5.74) is 2.00. The van der Waals surface area contributed by atoms with Crippen molar-refractivity contribution in [1.29, 1.82) is 0 Å². The zero-order chi connectivity index (χ0) is 43.4. The third kappa shape index (κ3) is 6.79. The van der Waals surface area contributed by atoms with Crippen LogP contribution in [0.2, 0.25) is 18.6 Å². The normalized spacial score (nSPS) is 25.6. The van der Waals surface area contributed by atoms with E-state index in [1.165, 1.54) is 5.19 Å². The number of likely N-dealkylation sites (tertiary alicyclic amines) is 1.